The molecule has 0 spiro atoms. The minimum Gasteiger partial charge on any atom is -0.324 e. The first-order valence-corrected chi connectivity index (χ1v) is 8.81. The first-order valence-electron chi connectivity index (χ1n) is 8.81. The number of hydrogen-bond donors (Lipinski definition) is 1. The molecular formula is C20H19N5O2. The smallest absolute Gasteiger partial charge is 0.297 e. The highest BCUT2D eigenvalue weighted by molar-refractivity contribution is 5.92. The molecule has 2 aromatic carbocycles. The van der Waals surface area contributed by atoms with Gasteiger partial charge in [-0.25, -0.2) is 0 Å². The van der Waals surface area contributed by atoms with Crippen LogP contribution in [0.5, 0.6) is 0 Å². The summed E-state index contributed by atoms with van der Waals surface area (Å²) in [6.07, 6.45) is 0.810. The molecule has 0 fully saturated rings. The Balaban J connectivity index is 1.78. The van der Waals surface area contributed by atoms with Gasteiger partial charge >= 0.3 is 0 Å². The van der Waals surface area contributed by atoms with Crippen LogP contribution >= 0.6 is 0 Å². The van der Waals surface area contributed by atoms with Crippen molar-refractivity contribution < 1.29 is 4.79 Å². The number of nitrogens with zero attached hydrogens (tertiary/aromatic N) is 4. The first-order chi connectivity index (χ1) is 13.1. The highest BCUT2D eigenvalue weighted by atomic mass is 16.2. The molecule has 2 aromatic heterocycles. The number of nitrogens with one attached hydrogen (secondary N) is 1. The molecule has 0 bridgehead atoms. The number of rotatable bonds is 4. The van der Waals surface area contributed by atoms with Gasteiger partial charge in [-0.05, 0) is 37.1 Å². The van der Waals surface area contributed by atoms with E-state index in [1.807, 2.05) is 55.5 Å². The number of carbonyl (C=O) groups excluding carboxylic acids is 1. The molecule has 1 amide bonds. The molecule has 0 saturated carbocycles. The summed E-state index contributed by atoms with van der Waals surface area (Å²) >= 11 is 0. The molecule has 4 rings (SSSR count). The zero-order valence-corrected chi connectivity index (χ0v) is 15.1. The number of benzene rings is 2. The Kier molecular flexibility index (Phi) is 4.19. The molecular weight excluding hydrogens is 342 g/mol. The second-order valence-electron chi connectivity index (χ2n) is 6.35. The van der Waals surface area contributed by atoms with Crippen molar-refractivity contribution in [2.24, 2.45) is 0 Å². The van der Waals surface area contributed by atoms with Crippen LogP contribution < -0.4 is 10.9 Å². The summed E-state index contributed by atoms with van der Waals surface area (Å²) in [4.78, 5) is 25.6. The van der Waals surface area contributed by atoms with Crippen molar-refractivity contribution in [2.45, 2.75) is 26.8 Å². The number of anilines is 1. The predicted octanol–water partition coefficient (Wildman–Crippen LogP) is 2.55. The minimum atomic E-state index is -0.340. The van der Waals surface area contributed by atoms with Gasteiger partial charge in [0.2, 0.25) is 11.6 Å². The van der Waals surface area contributed by atoms with E-state index in [2.05, 4.69) is 15.5 Å². The number of amides is 1. The van der Waals surface area contributed by atoms with Gasteiger partial charge in [0, 0.05) is 5.69 Å². The van der Waals surface area contributed by atoms with Crippen molar-refractivity contribution in [3.05, 3.63) is 70.3 Å². The topological polar surface area (TPSA) is 81.3 Å². The van der Waals surface area contributed by atoms with Crippen LogP contribution in [0, 0.1) is 6.92 Å². The number of aryl methyl sites for hydroxylation is 2. The minimum absolute atomic E-state index is 0.0974. The summed E-state index contributed by atoms with van der Waals surface area (Å²) in [6, 6.07) is 15.1. The average Bonchev–Trinajstić information content (AvgIpc) is 3.07. The third-order valence-electron chi connectivity index (χ3n) is 4.65. The standard InChI is InChI=1S/C20H19N5O2/c1-3-14-8-4-5-9-15(14)21-18(26)12-24-16-10-6-7-11-17(16)25-13(2)22-23-19(25)20(24)27/h4-11H,3,12H2,1-2H3,(H,21,26). The molecule has 0 unspecified atom stereocenters. The SMILES string of the molecule is CCc1ccccc1NC(=O)Cn1c(=O)c2nnc(C)n2c2ccccc21. The molecule has 4 aromatic rings. The molecule has 0 atom stereocenters. The summed E-state index contributed by atoms with van der Waals surface area (Å²) in [5.74, 6) is 0.371. The maximum absolute atomic E-state index is 12.9. The Bertz CT molecular complexity index is 1220. The van der Waals surface area contributed by atoms with Gasteiger partial charge in [0.25, 0.3) is 5.56 Å². The van der Waals surface area contributed by atoms with Gasteiger partial charge in [-0.2, -0.15) is 0 Å². The fraction of sp³-hybridized carbons (Fsp3) is 0.200. The van der Waals surface area contributed by atoms with E-state index in [1.165, 1.54) is 4.57 Å². The van der Waals surface area contributed by atoms with E-state index < -0.39 is 0 Å². The lowest BCUT2D eigenvalue weighted by Crippen LogP contribution is -2.29. The number of aromatic nitrogens is 4. The van der Waals surface area contributed by atoms with Crippen molar-refractivity contribution in [2.75, 3.05) is 5.32 Å². The zero-order valence-electron chi connectivity index (χ0n) is 15.1. The summed E-state index contributed by atoms with van der Waals surface area (Å²) in [5.41, 5.74) is 3.14. The number of para-hydroxylation sites is 3. The monoisotopic (exact) mass is 361 g/mol. The van der Waals surface area contributed by atoms with Gasteiger partial charge in [0.1, 0.15) is 12.4 Å². The van der Waals surface area contributed by atoms with E-state index in [-0.39, 0.29) is 23.7 Å². The van der Waals surface area contributed by atoms with Crippen LogP contribution in [0.3, 0.4) is 0 Å². The maximum atomic E-state index is 12.9. The van der Waals surface area contributed by atoms with Gasteiger partial charge in [0.05, 0.1) is 11.0 Å². The van der Waals surface area contributed by atoms with Gasteiger partial charge < -0.3 is 5.32 Å². The Morgan fingerprint density at radius 1 is 1.04 bits per heavy atom. The molecule has 0 saturated heterocycles. The molecule has 1 N–H and O–H groups in total. The zero-order chi connectivity index (χ0) is 19.0. The number of carbonyl (C=O) groups is 1. The second kappa shape index (κ2) is 6.68. The lowest BCUT2D eigenvalue weighted by atomic mass is 10.1. The molecule has 27 heavy (non-hydrogen) atoms. The lowest BCUT2D eigenvalue weighted by Gasteiger charge is -2.13. The molecule has 0 aliphatic carbocycles. The summed E-state index contributed by atoms with van der Waals surface area (Å²) in [7, 11) is 0. The second-order valence-corrected chi connectivity index (χ2v) is 6.35. The Hall–Kier alpha value is -3.48. The molecule has 7 nitrogen and oxygen atoms in total. The van der Waals surface area contributed by atoms with Crippen LogP contribution in [0.1, 0.15) is 18.3 Å². The van der Waals surface area contributed by atoms with E-state index in [1.54, 1.807) is 11.3 Å². The maximum Gasteiger partial charge on any atom is 0.297 e. The lowest BCUT2D eigenvalue weighted by molar-refractivity contribution is -0.116. The largest absolute Gasteiger partial charge is 0.324 e. The average molecular weight is 361 g/mol. The fourth-order valence-electron chi connectivity index (χ4n) is 3.34. The molecule has 2 heterocycles. The van der Waals surface area contributed by atoms with E-state index in [4.69, 9.17) is 0 Å². The van der Waals surface area contributed by atoms with Crippen LogP contribution in [-0.4, -0.2) is 25.1 Å². The van der Waals surface area contributed by atoms with Crippen LogP contribution in [0.15, 0.2) is 53.3 Å². The van der Waals surface area contributed by atoms with Crippen molar-refractivity contribution in [3.8, 4) is 0 Å². The van der Waals surface area contributed by atoms with Gasteiger partial charge in [-0.3, -0.25) is 18.6 Å². The summed E-state index contributed by atoms with van der Waals surface area (Å²) in [5, 5.41) is 10.9. The van der Waals surface area contributed by atoms with E-state index in [9.17, 15) is 9.59 Å². The highest BCUT2D eigenvalue weighted by Crippen LogP contribution is 2.17. The number of fused-ring (bicyclic) bond motifs is 3. The quantitative estimate of drug-likeness (QED) is 0.606. The number of hydrogen-bond acceptors (Lipinski definition) is 4. The van der Waals surface area contributed by atoms with Crippen LogP contribution in [0.25, 0.3) is 16.7 Å². The van der Waals surface area contributed by atoms with E-state index in [0.717, 1.165) is 23.2 Å². The van der Waals surface area contributed by atoms with Crippen molar-refractivity contribution in [3.63, 3.8) is 0 Å². The molecule has 0 aliphatic rings. The molecule has 0 radical (unpaired) electrons. The van der Waals surface area contributed by atoms with E-state index >= 15 is 0 Å². The van der Waals surface area contributed by atoms with Crippen molar-refractivity contribution >= 4 is 28.3 Å². The molecule has 0 aliphatic heterocycles. The van der Waals surface area contributed by atoms with E-state index in [0.29, 0.717) is 11.3 Å². The van der Waals surface area contributed by atoms with Crippen LogP contribution in [0.2, 0.25) is 0 Å². The third kappa shape index (κ3) is 2.87. The van der Waals surface area contributed by atoms with Crippen LogP contribution in [-0.2, 0) is 17.8 Å². The highest BCUT2D eigenvalue weighted by Gasteiger charge is 2.16. The van der Waals surface area contributed by atoms with Crippen LogP contribution in [0.4, 0.5) is 5.69 Å². The van der Waals surface area contributed by atoms with Crippen molar-refractivity contribution in [1.29, 1.82) is 0 Å². The Morgan fingerprint density at radius 3 is 2.52 bits per heavy atom. The molecule has 136 valence electrons. The third-order valence-corrected chi connectivity index (χ3v) is 4.65. The summed E-state index contributed by atoms with van der Waals surface area (Å²) in [6.45, 7) is 3.73. The van der Waals surface area contributed by atoms with Gasteiger partial charge in [0.15, 0.2) is 0 Å². The summed E-state index contributed by atoms with van der Waals surface area (Å²) < 4.78 is 3.17. The Labute approximate surface area is 155 Å². The fourth-order valence-corrected chi connectivity index (χ4v) is 3.34. The van der Waals surface area contributed by atoms with Gasteiger partial charge in [-0.15, -0.1) is 10.2 Å². The molecule has 7 heteroatoms. The normalized spacial score (nSPS) is 11.2. The van der Waals surface area contributed by atoms with Gasteiger partial charge in [-0.1, -0.05) is 37.3 Å². The Morgan fingerprint density at radius 2 is 1.74 bits per heavy atom. The van der Waals surface area contributed by atoms with Crippen molar-refractivity contribution in [1.82, 2.24) is 19.2 Å². The predicted molar refractivity (Wildman–Crippen MR) is 104 cm³/mol. The first kappa shape index (κ1) is 17.0.